The molecule has 1 fully saturated rings. The van der Waals surface area contributed by atoms with Gasteiger partial charge in [0, 0.05) is 6.54 Å². The summed E-state index contributed by atoms with van der Waals surface area (Å²) in [7, 11) is 0. The van der Waals surface area contributed by atoms with Crippen LogP contribution in [0.3, 0.4) is 0 Å². The fourth-order valence-electron chi connectivity index (χ4n) is 3.81. The number of benzene rings is 2. The van der Waals surface area contributed by atoms with Crippen LogP contribution >= 0.6 is 0 Å². The quantitative estimate of drug-likeness (QED) is 0.474. The molecule has 1 aliphatic heterocycles. The molecule has 0 bridgehead atoms. The van der Waals surface area contributed by atoms with Gasteiger partial charge in [0.1, 0.15) is 5.82 Å². The molecule has 0 unspecified atom stereocenters. The fourth-order valence-corrected chi connectivity index (χ4v) is 3.81. The standard InChI is InChI=1S/C22H22F7N/c23-20-8-5-17(13-19(20)22(27,28)29)14-30-11-9-16(10-12-30)2-1-15-3-6-18(7-4-15)21(24,25)26/h3-8,13,16H,1-2,9-12,14H2. The average Bonchev–Trinajstić information content (AvgIpc) is 2.68. The molecule has 2 aromatic rings. The molecule has 0 radical (unpaired) electrons. The summed E-state index contributed by atoms with van der Waals surface area (Å²) in [6.45, 7) is 1.77. The van der Waals surface area contributed by atoms with Crippen LogP contribution in [0.4, 0.5) is 30.7 Å². The molecule has 0 aliphatic carbocycles. The minimum absolute atomic E-state index is 0.328. The lowest BCUT2D eigenvalue weighted by Gasteiger charge is -2.32. The first-order valence-electron chi connectivity index (χ1n) is 9.76. The van der Waals surface area contributed by atoms with Crippen LogP contribution in [0, 0.1) is 11.7 Å². The van der Waals surface area contributed by atoms with Crippen LogP contribution in [0.1, 0.15) is 41.5 Å². The first-order valence-corrected chi connectivity index (χ1v) is 9.76. The summed E-state index contributed by atoms with van der Waals surface area (Å²) >= 11 is 0. The van der Waals surface area contributed by atoms with Crippen LogP contribution in [0.2, 0.25) is 0 Å². The van der Waals surface area contributed by atoms with Gasteiger partial charge in [-0.2, -0.15) is 26.3 Å². The van der Waals surface area contributed by atoms with E-state index >= 15 is 0 Å². The van der Waals surface area contributed by atoms with Crippen molar-refractivity contribution < 1.29 is 30.7 Å². The van der Waals surface area contributed by atoms with Crippen molar-refractivity contribution in [3.8, 4) is 0 Å². The van der Waals surface area contributed by atoms with Crippen LogP contribution in [0.5, 0.6) is 0 Å². The molecule has 1 aliphatic rings. The van der Waals surface area contributed by atoms with Gasteiger partial charge in [0.25, 0.3) is 0 Å². The summed E-state index contributed by atoms with van der Waals surface area (Å²) in [4.78, 5) is 2.04. The Morgan fingerprint density at radius 3 is 1.97 bits per heavy atom. The maximum absolute atomic E-state index is 13.4. The number of likely N-dealkylation sites (tertiary alicyclic amines) is 1. The molecule has 164 valence electrons. The van der Waals surface area contributed by atoms with Crippen molar-refractivity contribution in [2.24, 2.45) is 5.92 Å². The van der Waals surface area contributed by atoms with Crippen molar-refractivity contribution in [1.29, 1.82) is 0 Å². The molecule has 2 aromatic carbocycles. The Balaban J connectivity index is 1.47. The zero-order valence-corrected chi connectivity index (χ0v) is 16.2. The van der Waals surface area contributed by atoms with Gasteiger partial charge in [-0.25, -0.2) is 4.39 Å². The molecule has 0 saturated carbocycles. The van der Waals surface area contributed by atoms with Crippen molar-refractivity contribution in [3.05, 3.63) is 70.5 Å². The second-order valence-electron chi connectivity index (χ2n) is 7.76. The summed E-state index contributed by atoms with van der Waals surface area (Å²) in [5.41, 5.74) is -0.621. The molecule has 0 spiro atoms. The summed E-state index contributed by atoms with van der Waals surface area (Å²) in [6.07, 6.45) is -5.77. The highest BCUT2D eigenvalue weighted by Crippen LogP contribution is 2.33. The fraction of sp³-hybridized carbons (Fsp3) is 0.455. The number of aryl methyl sites for hydroxylation is 1. The van der Waals surface area contributed by atoms with Gasteiger partial charge in [-0.3, -0.25) is 4.90 Å². The maximum Gasteiger partial charge on any atom is 0.419 e. The van der Waals surface area contributed by atoms with Crippen molar-refractivity contribution in [2.45, 2.75) is 44.6 Å². The first-order chi connectivity index (χ1) is 14.0. The van der Waals surface area contributed by atoms with Gasteiger partial charge >= 0.3 is 12.4 Å². The van der Waals surface area contributed by atoms with Crippen LogP contribution in [-0.4, -0.2) is 18.0 Å². The highest BCUT2D eigenvalue weighted by atomic mass is 19.4. The van der Waals surface area contributed by atoms with Crippen molar-refractivity contribution in [3.63, 3.8) is 0 Å². The van der Waals surface area contributed by atoms with E-state index in [9.17, 15) is 30.7 Å². The van der Waals surface area contributed by atoms with E-state index in [2.05, 4.69) is 0 Å². The van der Waals surface area contributed by atoms with E-state index in [1.165, 1.54) is 18.2 Å². The van der Waals surface area contributed by atoms with Gasteiger partial charge in [0.15, 0.2) is 0 Å². The molecule has 0 amide bonds. The molecular weight excluding hydrogens is 411 g/mol. The Morgan fingerprint density at radius 1 is 0.800 bits per heavy atom. The normalized spacial score (nSPS) is 16.8. The smallest absolute Gasteiger partial charge is 0.299 e. The van der Waals surface area contributed by atoms with Crippen LogP contribution in [0.15, 0.2) is 42.5 Å². The highest BCUT2D eigenvalue weighted by Gasteiger charge is 2.34. The zero-order valence-electron chi connectivity index (χ0n) is 16.2. The predicted molar refractivity (Wildman–Crippen MR) is 99.2 cm³/mol. The van der Waals surface area contributed by atoms with E-state index < -0.39 is 29.3 Å². The molecular formula is C22H22F7N. The van der Waals surface area contributed by atoms with Crippen molar-refractivity contribution in [2.75, 3.05) is 13.1 Å². The zero-order chi connectivity index (χ0) is 21.9. The molecule has 1 nitrogen and oxygen atoms in total. The van der Waals surface area contributed by atoms with Gasteiger partial charge in [0.05, 0.1) is 11.1 Å². The Kier molecular flexibility index (Phi) is 6.75. The molecule has 0 aromatic heterocycles. The number of alkyl halides is 6. The Morgan fingerprint density at radius 2 is 1.40 bits per heavy atom. The summed E-state index contributed by atoms with van der Waals surface area (Å²) in [5, 5.41) is 0. The second kappa shape index (κ2) is 8.96. The topological polar surface area (TPSA) is 3.24 Å². The van der Waals surface area contributed by atoms with E-state index in [0.717, 1.165) is 62.2 Å². The van der Waals surface area contributed by atoms with E-state index in [4.69, 9.17) is 0 Å². The van der Waals surface area contributed by atoms with Crippen molar-refractivity contribution in [1.82, 2.24) is 4.90 Å². The van der Waals surface area contributed by atoms with Gasteiger partial charge < -0.3 is 0 Å². The Bertz CT molecular complexity index is 832. The summed E-state index contributed by atoms with van der Waals surface area (Å²) < 4.78 is 89.8. The van der Waals surface area contributed by atoms with E-state index in [0.29, 0.717) is 24.4 Å². The SMILES string of the molecule is Fc1ccc(CN2CCC(CCc3ccc(C(F)(F)F)cc3)CC2)cc1C(F)(F)F. The molecule has 1 heterocycles. The molecule has 1 saturated heterocycles. The molecule has 0 atom stereocenters. The lowest BCUT2D eigenvalue weighted by molar-refractivity contribution is -0.140. The number of hydrogen-bond donors (Lipinski definition) is 0. The summed E-state index contributed by atoms with van der Waals surface area (Å²) in [5.74, 6) is -0.851. The Labute approximate surface area is 170 Å². The third-order valence-electron chi connectivity index (χ3n) is 5.57. The number of hydrogen-bond acceptors (Lipinski definition) is 1. The van der Waals surface area contributed by atoms with Gasteiger partial charge in [-0.1, -0.05) is 18.2 Å². The van der Waals surface area contributed by atoms with Crippen LogP contribution in [-0.2, 0) is 25.3 Å². The number of rotatable bonds is 5. The van der Waals surface area contributed by atoms with E-state index in [1.54, 1.807) is 0 Å². The number of piperidine rings is 1. The van der Waals surface area contributed by atoms with Gasteiger partial charge in [-0.05, 0) is 80.1 Å². The lowest BCUT2D eigenvalue weighted by atomic mass is 9.90. The van der Waals surface area contributed by atoms with E-state index in [1.807, 2.05) is 4.90 Å². The van der Waals surface area contributed by atoms with Crippen molar-refractivity contribution >= 4 is 0 Å². The lowest BCUT2D eigenvalue weighted by Crippen LogP contribution is -2.33. The first kappa shape index (κ1) is 22.6. The average molecular weight is 433 g/mol. The second-order valence-corrected chi connectivity index (χ2v) is 7.76. The van der Waals surface area contributed by atoms with Crippen LogP contribution in [0.25, 0.3) is 0 Å². The number of nitrogens with zero attached hydrogens (tertiary/aromatic N) is 1. The predicted octanol–water partition coefficient (Wildman–Crippen LogP) is 6.71. The van der Waals surface area contributed by atoms with Gasteiger partial charge in [0.2, 0.25) is 0 Å². The maximum atomic E-state index is 13.4. The minimum Gasteiger partial charge on any atom is -0.299 e. The molecule has 30 heavy (non-hydrogen) atoms. The van der Waals surface area contributed by atoms with Gasteiger partial charge in [-0.15, -0.1) is 0 Å². The molecule has 8 heteroatoms. The molecule has 0 N–H and O–H groups in total. The third kappa shape index (κ3) is 5.97. The van der Waals surface area contributed by atoms with Crippen LogP contribution < -0.4 is 0 Å². The molecule has 3 rings (SSSR count). The highest BCUT2D eigenvalue weighted by molar-refractivity contribution is 5.27. The monoisotopic (exact) mass is 433 g/mol. The number of halogens is 7. The largest absolute Gasteiger partial charge is 0.419 e. The minimum atomic E-state index is -4.72. The van der Waals surface area contributed by atoms with E-state index in [-0.39, 0.29) is 0 Å². The summed E-state index contributed by atoms with van der Waals surface area (Å²) in [6, 6.07) is 8.30. The third-order valence-corrected chi connectivity index (χ3v) is 5.57. The Hall–Kier alpha value is -2.09.